The van der Waals surface area contributed by atoms with E-state index in [0.717, 1.165) is 5.56 Å². The highest BCUT2D eigenvalue weighted by Crippen LogP contribution is 2.27. The van der Waals surface area contributed by atoms with Crippen LogP contribution < -0.4 is 5.73 Å². The summed E-state index contributed by atoms with van der Waals surface area (Å²) in [6, 6.07) is 4.54. The highest BCUT2D eigenvalue weighted by molar-refractivity contribution is 7.89. The van der Waals surface area contributed by atoms with Crippen molar-refractivity contribution in [3.05, 3.63) is 46.9 Å². The highest BCUT2D eigenvalue weighted by atomic mass is 35.5. The van der Waals surface area contributed by atoms with Gasteiger partial charge in [0.15, 0.2) is 0 Å². The summed E-state index contributed by atoms with van der Waals surface area (Å²) in [7, 11) is -2.16. The third kappa shape index (κ3) is 2.82. The van der Waals surface area contributed by atoms with Crippen LogP contribution in [0.1, 0.15) is 11.1 Å². The smallest absolute Gasteiger partial charge is 0.243 e. The summed E-state index contributed by atoms with van der Waals surface area (Å²) < 4.78 is 31.1. The van der Waals surface area contributed by atoms with Crippen molar-refractivity contribution in [1.82, 2.24) is 4.31 Å². The summed E-state index contributed by atoms with van der Waals surface area (Å²) in [6.07, 6.45) is 3.00. The number of halogens is 1. The van der Waals surface area contributed by atoms with E-state index >= 15 is 0 Å². The first-order valence-electron chi connectivity index (χ1n) is 5.85. The fraction of sp³-hybridized carbons (Fsp3) is 0.231. The standard InChI is InChI=1S/C13H15ClN2O3S/c1-9-12(14)5-11(6-13(9)15)20(17,18)16(2)7-10-3-4-19-8-10/h3-6,8H,7,15H2,1-2H3. The van der Waals surface area contributed by atoms with E-state index in [1.165, 1.54) is 36.0 Å². The summed E-state index contributed by atoms with van der Waals surface area (Å²) in [4.78, 5) is 0.0802. The number of hydrogen-bond donors (Lipinski definition) is 1. The number of nitrogen functional groups attached to an aromatic ring is 1. The van der Waals surface area contributed by atoms with Gasteiger partial charge in [0, 0.05) is 29.9 Å². The number of rotatable bonds is 4. The Labute approximate surface area is 123 Å². The second kappa shape index (κ2) is 5.47. The fourth-order valence-electron chi connectivity index (χ4n) is 1.73. The third-order valence-electron chi connectivity index (χ3n) is 3.05. The van der Waals surface area contributed by atoms with Crippen LogP contribution in [0.25, 0.3) is 0 Å². The molecule has 2 N–H and O–H groups in total. The van der Waals surface area contributed by atoms with E-state index in [0.29, 0.717) is 16.3 Å². The molecule has 108 valence electrons. The van der Waals surface area contributed by atoms with Gasteiger partial charge >= 0.3 is 0 Å². The van der Waals surface area contributed by atoms with Crippen molar-refractivity contribution in [3.63, 3.8) is 0 Å². The molecule has 0 saturated carbocycles. The lowest BCUT2D eigenvalue weighted by atomic mass is 10.2. The molecule has 0 aliphatic heterocycles. The minimum atomic E-state index is -3.65. The molecule has 5 nitrogen and oxygen atoms in total. The fourth-order valence-corrected chi connectivity index (χ4v) is 3.24. The maximum atomic E-state index is 12.5. The number of nitrogens with two attached hydrogens (primary N) is 1. The number of furan rings is 1. The van der Waals surface area contributed by atoms with E-state index in [1.54, 1.807) is 13.0 Å². The molecule has 20 heavy (non-hydrogen) atoms. The second-order valence-electron chi connectivity index (χ2n) is 4.51. The van der Waals surface area contributed by atoms with Crippen LogP contribution in [0.4, 0.5) is 5.69 Å². The van der Waals surface area contributed by atoms with Crippen molar-refractivity contribution < 1.29 is 12.8 Å². The molecule has 1 aromatic carbocycles. The lowest BCUT2D eigenvalue weighted by Gasteiger charge is -2.17. The first-order valence-corrected chi connectivity index (χ1v) is 7.67. The summed E-state index contributed by atoms with van der Waals surface area (Å²) in [6.45, 7) is 1.95. The van der Waals surface area contributed by atoms with Crippen molar-refractivity contribution in [2.45, 2.75) is 18.4 Å². The Morgan fingerprint density at radius 1 is 1.40 bits per heavy atom. The Hall–Kier alpha value is -1.50. The van der Waals surface area contributed by atoms with E-state index in [1.807, 2.05) is 0 Å². The zero-order chi connectivity index (χ0) is 14.9. The van der Waals surface area contributed by atoms with Crippen LogP contribution in [0.5, 0.6) is 0 Å². The van der Waals surface area contributed by atoms with Gasteiger partial charge in [-0.2, -0.15) is 4.31 Å². The summed E-state index contributed by atoms with van der Waals surface area (Å²) in [5.41, 5.74) is 7.56. The monoisotopic (exact) mass is 314 g/mol. The van der Waals surface area contributed by atoms with E-state index in [4.69, 9.17) is 21.8 Å². The maximum absolute atomic E-state index is 12.5. The van der Waals surface area contributed by atoms with Gasteiger partial charge in [0.2, 0.25) is 10.0 Å². The van der Waals surface area contributed by atoms with Crippen LogP contribution in [0, 0.1) is 6.92 Å². The van der Waals surface area contributed by atoms with Gasteiger partial charge in [-0.15, -0.1) is 0 Å². The lowest BCUT2D eigenvalue weighted by molar-refractivity contribution is 0.463. The van der Waals surface area contributed by atoms with Crippen LogP contribution in [-0.4, -0.2) is 19.8 Å². The molecule has 1 heterocycles. The van der Waals surface area contributed by atoms with Crippen molar-refractivity contribution in [1.29, 1.82) is 0 Å². The molecule has 1 aromatic heterocycles. The van der Waals surface area contributed by atoms with Gasteiger partial charge in [0.25, 0.3) is 0 Å². The van der Waals surface area contributed by atoms with Crippen LogP contribution in [0.2, 0.25) is 5.02 Å². The SMILES string of the molecule is Cc1c(N)cc(S(=O)(=O)N(C)Cc2ccoc2)cc1Cl. The van der Waals surface area contributed by atoms with Crippen molar-refractivity contribution in [2.75, 3.05) is 12.8 Å². The molecule has 0 amide bonds. The van der Waals surface area contributed by atoms with Crippen LogP contribution in [-0.2, 0) is 16.6 Å². The summed E-state index contributed by atoms with van der Waals surface area (Å²) >= 11 is 5.99. The first kappa shape index (κ1) is 14.9. The molecule has 0 saturated heterocycles. The molecule has 0 bridgehead atoms. The quantitative estimate of drug-likeness (QED) is 0.880. The minimum absolute atomic E-state index is 0.0802. The molecule has 2 aromatic rings. The van der Waals surface area contributed by atoms with Gasteiger partial charge in [-0.1, -0.05) is 11.6 Å². The number of anilines is 1. The third-order valence-corrected chi connectivity index (χ3v) is 5.23. The lowest BCUT2D eigenvalue weighted by Crippen LogP contribution is -2.26. The van der Waals surface area contributed by atoms with E-state index in [9.17, 15) is 8.42 Å². The Morgan fingerprint density at radius 2 is 2.10 bits per heavy atom. The molecule has 0 fully saturated rings. The predicted octanol–water partition coefficient (Wildman–Crippen LogP) is 2.64. The molecule has 7 heteroatoms. The van der Waals surface area contributed by atoms with Crippen molar-refractivity contribution in [2.24, 2.45) is 0 Å². The minimum Gasteiger partial charge on any atom is -0.472 e. The zero-order valence-electron chi connectivity index (χ0n) is 11.1. The molecule has 0 aliphatic carbocycles. The van der Waals surface area contributed by atoms with E-state index < -0.39 is 10.0 Å². The van der Waals surface area contributed by atoms with Gasteiger partial charge in [0.1, 0.15) is 0 Å². The number of nitrogens with zero attached hydrogens (tertiary/aromatic N) is 1. The van der Waals surface area contributed by atoms with Crippen molar-refractivity contribution >= 4 is 27.3 Å². The topological polar surface area (TPSA) is 76.5 Å². The molecular formula is C13H15ClN2O3S. The average Bonchev–Trinajstić information content (AvgIpc) is 2.88. The predicted molar refractivity (Wildman–Crippen MR) is 78.0 cm³/mol. The van der Waals surface area contributed by atoms with Gasteiger partial charge in [0.05, 0.1) is 17.4 Å². The number of sulfonamides is 1. The van der Waals surface area contributed by atoms with Gasteiger partial charge < -0.3 is 10.2 Å². The Bertz CT molecular complexity index is 688. The Morgan fingerprint density at radius 3 is 2.65 bits per heavy atom. The highest BCUT2D eigenvalue weighted by Gasteiger charge is 2.22. The van der Waals surface area contributed by atoms with Crippen molar-refractivity contribution in [3.8, 4) is 0 Å². The second-order valence-corrected chi connectivity index (χ2v) is 6.96. The van der Waals surface area contributed by atoms with Gasteiger partial charge in [-0.05, 0) is 30.7 Å². The number of hydrogen-bond acceptors (Lipinski definition) is 4. The number of benzene rings is 1. The van der Waals surface area contributed by atoms with Crippen LogP contribution in [0.15, 0.2) is 40.0 Å². The van der Waals surface area contributed by atoms with Crippen LogP contribution in [0.3, 0.4) is 0 Å². The largest absolute Gasteiger partial charge is 0.472 e. The molecule has 0 radical (unpaired) electrons. The molecule has 0 atom stereocenters. The Kier molecular flexibility index (Phi) is 4.08. The van der Waals surface area contributed by atoms with E-state index in [2.05, 4.69) is 0 Å². The van der Waals surface area contributed by atoms with Gasteiger partial charge in [-0.3, -0.25) is 0 Å². The van der Waals surface area contributed by atoms with Gasteiger partial charge in [-0.25, -0.2) is 8.42 Å². The normalized spacial score (nSPS) is 12.0. The molecule has 0 unspecified atom stereocenters. The Balaban J connectivity index is 2.35. The maximum Gasteiger partial charge on any atom is 0.243 e. The molecule has 0 spiro atoms. The van der Waals surface area contributed by atoms with Crippen LogP contribution >= 0.6 is 11.6 Å². The first-order chi connectivity index (χ1) is 9.32. The zero-order valence-corrected chi connectivity index (χ0v) is 12.7. The molecule has 0 aliphatic rings. The molecular weight excluding hydrogens is 300 g/mol. The summed E-state index contributed by atoms with van der Waals surface area (Å²) in [5.74, 6) is 0. The average molecular weight is 315 g/mol. The summed E-state index contributed by atoms with van der Waals surface area (Å²) in [5, 5.41) is 0.334. The van der Waals surface area contributed by atoms with E-state index in [-0.39, 0.29) is 11.4 Å². The molecule has 2 rings (SSSR count).